The first-order valence-corrected chi connectivity index (χ1v) is 11.0. The Morgan fingerprint density at radius 1 is 1.10 bits per heavy atom. The summed E-state index contributed by atoms with van der Waals surface area (Å²) in [5.74, 6) is 2.09. The molecular weight excluding hydrogens is 384 g/mol. The molecule has 9 heteroatoms. The van der Waals surface area contributed by atoms with Gasteiger partial charge in [-0.25, -0.2) is 0 Å². The Balaban J connectivity index is 1.29. The quantitative estimate of drug-likeness (QED) is 0.680. The third kappa shape index (κ3) is 4.66. The Kier molecular flexibility index (Phi) is 6.36. The van der Waals surface area contributed by atoms with Crippen LogP contribution in [0, 0.1) is 12.8 Å². The number of amides is 1. The fraction of sp³-hybridized carbons (Fsp3) is 0.714. The van der Waals surface area contributed by atoms with Gasteiger partial charge in [0, 0.05) is 45.7 Å². The molecule has 4 rings (SSSR count). The standard InChI is InChI=1S/C21H32N6O3/c1-15-17(14-26-10-4-5-11-26)19(24-29-15)20(28)27-12-8-16(9-13-27)6-7-18-22-21(25(2)3)30-23-18/h16H,4-14H2,1-3H3. The molecule has 1 amide bonds. The fourth-order valence-electron chi connectivity index (χ4n) is 4.35. The van der Waals surface area contributed by atoms with Gasteiger partial charge < -0.3 is 18.8 Å². The second kappa shape index (κ2) is 9.16. The van der Waals surface area contributed by atoms with Crippen molar-refractivity contribution in [3.05, 3.63) is 22.8 Å². The number of anilines is 1. The zero-order chi connectivity index (χ0) is 21.1. The number of carbonyl (C=O) groups is 1. The molecule has 2 fully saturated rings. The highest BCUT2D eigenvalue weighted by Crippen LogP contribution is 2.25. The Morgan fingerprint density at radius 2 is 1.83 bits per heavy atom. The zero-order valence-electron chi connectivity index (χ0n) is 18.3. The number of carbonyl (C=O) groups excluding carboxylic acids is 1. The predicted octanol–water partition coefficient (Wildman–Crippen LogP) is 2.51. The first-order valence-electron chi connectivity index (χ1n) is 11.0. The molecular formula is C21H32N6O3. The van der Waals surface area contributed by atoms with Gasteiger partial charge in [0.05, 0.1) is 0 Å². The summed E-state index contributed by atoms with van der Waals surface area (Å²) >= 11 is 0. The topological polar surface area (TPSA) is 91.7 Å². The average molecular weight is 417 g/mol. The third-order valence-electron chi connectivity index (χ3n) is 6.29. The Morgan fingerprint density at radius 3 is 2.50 bits per heavy atom. The van der Waals surface area contributed by atoms with E-state index >= 15 is 0 Å². The molecule has 0 bridgehead atoms. The highest BCUT2D eigenvalue weighted by atomic mass is 16.5. The van der Waals surface area contributed by atoms with Crippen molar-refractivity contribution in [2.75, 3.05) is 45.2 Å². The molecule has 30 heavy (non-hydrogen) atoms. The summed E-state index contributed by atoms with van der Waals surface area (Å²) in [5.41, 5.74) is 1.46. The molecule has 0 radical (unpaired) electrons. The maximum absolute atomic E-state index is 13.1. The molecule has 2 aromatic rings. The molecule has 0 aliphatic carbocycles. The minimum absolute atomic E-state index is 0.00768. The van der Waals surface area contributed by atoms with Crippen molar-refractivity contribution in [3.8, 4) is 0 Å². The highest BCUT2D eigenvalue weighted by molar-refractivity contribution is 5.93. The third-order valence-corrected chi connectivity index (χ3v) is 6.29. The SMILES string of the molecule is Cc1onc(C(=O)N2CCC(CCc3noc(N(C)C)n3)CC2)c1CN1CCCC1. The molecule has 0 saturated carbocycles. The molecule has 9 nitrogen and oxygen atoms in total. The smallest absolute Gasteiger partial charge is 0.323 e. The minimum Gasteiger partial charge on any atom is -0.361 e. The number of likely N-dealkylation sites (tertiary alicyclic amines) is 2. The van der Waals surface area contributed by atoms with E-state index < -0.39 is 0 Å². The van der Waals surface area contributed by atoms with Crippen LogP contribution in [-0.4, -0.2) is 71.3 Å². The van der Waals surface area contributed by atoms with E-state index in [1.807, 2.05) is 30.8 Å². The van der Waals surface area contributed by atoms with Crippen molar-refractivity contribution in [1.82, 2.24) is 25.1 Å². The van der Waals surface area contributed by atoms with Crippen LogP contribution >= 0.6 is 0 Å². The van der Waals surface area contributed by atoms with Crippen LogP contribution in [0.2, 0.25) is 0 Å². The van der Waals surface area contributed by atoms with Crippen LogP contribution in [0.15, 0.2) is 9.05 Å². The van der Waals surface area contributed by atoms with Gasteiger partial charge in [0.25, 0.3) is 5.91 Å². The van der Waals surface area contributed by atoms with Gasteiger partial charge in [0.2, 0.25) is 0 Å². The largest absolute Gasteiger partial charge is 0.361 e. The molecule has 0 N–H and O–H groups in total. The van der Waals surface area contributed by atoms with Gasteiger partial charge in [-0.2, -0.15) is 4.98 Å². The van der Waals surface area contributed by atoms with E-state index in [9.17, 15) is 4.79 Å². The minimum atomic E-state index is 0.00768. The summed E-state index contributed by atoms with van der Waals surface area (Å²) in [5, 5.41) is 8.16. The van der Waals surface area contributed by atoms with Crippen molar-refractivity contribution >= 4 is 11.9 Å². The molecule has 2 aromatic heterocycles. The van der Waals surface area contributed by atoms with E-state index in [0.717, 1.165) is 75.6 Å². The monoisotopic (exact) mass is 416 g/mol. The van der Waals surface area contributed by atoms with Crippen molar-refractivity contribution < 1.29 is 13.8 Å². The molecule has 0 atom stereocenters. The van der Waals surface area contributed by atoms with Crippen LogP contribution in [0.4, 0.5) is 6.01 Å². The van der Waals surface area contributed by atoms with Gasteiger partial charge >= 0.3 is 6.01 Å². The average Bonchev–Trinajstić information content (AvgIpc) is 3.49. The molecule has 2 saturated heterocycles. The van der Waals surface area contributed by atoms with Gasteiger partial charge in [0.15, 0.2) is 11.5 Å². The highest BCUT2D eigenvalue weighted by Gasteiger charge is 2.29. The summed E-state index contributed by atoms with van der Waals surface area (Å²) in [7, 11) is 3.77. The fourth-order valence-corrected chi connectivity index (χ4v) is 4.35. The van der Waals surface area contributed by atoms with Gasteiger partial charge in [0.1, 0.15) is 5.76 Å². The lowest BCUT2D eigenvalue weighted by molar-refractivity contribution is 0.0674. The van der Waals surface area contributed by atoms with E-state index in [4.69, 9.17) is 9.05 Å². The van der Waals surface area contributed by atoms with E-state index in [0.29, 0.717) is 17.6 Å². The van der Waals surface area contributed by atoms with Crippen LogP contribution in [0.3, 0.4) is 0 Å². The van der Waals surface area contributed by atoms with E-state index in [1.54, 1.807) is 0 Å². The van der Waals surface area contributed by atoms with E-state index in [-0.39, 0.29) is 5.91 Å². The zero-order valence-corrected chi connectivity index (χ0v) is 18.3. The predicted molar refractivity (Wildman–Crippen MR) is 111 cm³/mol. The number of hydrogen-bond acceptors (Lipinski definition) is 8. The number of piperidine rings is 1. The van der Waals surface area contributed by atoms with Crippen LogP contribution in [0.5, 0.6) is 0 Å². The van der Waals surface area contributed by atoms with Gasteiger partial charge in [-0.15, -0.1) is 0 Å². The van der Waals surface area contributed by atoms with Crippen molar-refractivity contribution in [2.45, 2.75) is 52.0 Å². The summed E-state index contributed by atoms with van der Waals surface area (Å²) < 4.78 is 10.6. The van der Waals surface area contributed by atoms with Crippen LogP contribution in [0.25, 0.3) is 0 Å². The lowest BCUT2D eigenvalue weighted by Crippen LogP contribution is -2.39. The molecule has 164 valence electrons. The lowest BCUT2D eigenvalue weighted by atomic mass is 9.92. The van der Waals surface area contributed by atoms with Crippen molar-refractivity contribution in [2.24, 2.45) is 5.92 Å². The normalized spacial score (nSPS) is 18.3. The molecule has 2 aliphatic rings. The van der Waals surface area contributed by atoms with Gasteiger partial charge in [-0.1, -0.05) is 10.3 Å². The summed E-state index contributed by atoms with van der Waals surface area (Å²) in [6, 6.07) is 0.540. The number of rotatable bonds is 7. The molecule has 0 unspecified atom stereocenters. The molecule has 0 aromatic carbocycles. The van der Waals surface area contributed by atoms with Gasteiger partial charge in [-0.3, -0.25) is 9.69 Å². The summed E-state index contributed by atoms with van der Waals surface area (Å²) in [6.07, 6.45) is 6.24. The van der Waals surface area contributed by atoms with Crippen molar-refractivity contribution in [1.29, 1.82) is 0 Å². The van der Waals surface area contributed by atoms with E-state index in [2.05, 4.69) is 20.2 Å². The summed E-state index contributed by atoms with van der Waals surface area (Å²) in [6.45, 7) is 6.34. The Hall–Kier alpha value is -2.42. The molecule has 4 heterocycles. The maximum atomic E-state index is 13.1. The lowest BCUT2D eigenvalue weighted by Gasteiger charge is -2.31. The van der Waals surface area contributed by atoms with Crippen LogP contribution in [0.1, 0.15) is 59.7 Å². The Labute approximate surface area is 177 Å². The second-order valence-corrected chi connectivity index (χ2v) is 8.71. The van der Waals surface area contributed by atoms with Gasteiger partial charge in [-0.05, 0) is 58.0 Å². The molecule has 2 aliphatic heterocycles. The number of hydrogen-bond donors (Lipinski definition) is 0. The number of aryl methyl sites for hydroxylation is 2. The number of aromatic nitrogens is 3. The number of nitrogens with zero attached hydrogens (tertiary/aromatic N) is 6. The second-order valence-electron chi connectivity index (χ2n) is 8.71. The van der Waals surface area contributed by atoms with E-state index in [1.165, 1.54) is 12.8 Å². The Bertz CT molecular complexity index is 847. The first kappa shape index (κ1) is 20.8. The summed E-state index contributed by atoms with van der Waals surface area (Å²) in [4.78, 5) is 23.6. The van der Waals surface area contributed by atoms with Crippen LogP contribution in [-0.2, 0) is 13.0 Å². The maximum Gasteiger partial charge on any atom is 0.323 e. The van der Waals surface area contributed by atoms with Crippen molar-refractivity contribution in [3.63, 3.8) is 0 Å². The van der Waals surface area contributed by atoms with Crippen LogP contribution < -0.4 is 4.90 Å². The molecule has 0 spiro atoms. The first-order chi connectivity index (χ1) is 14.5.